The number of ether oxygens (including phenoxy) is 1. The molecule has 2 aliphatic rings. The second-order valence-electron chi connectivity index (χ2n) is 6.94. The van der Waals surface area contributed by atoms with E-state index < -0.39 is 0 Å². The molecule has 4 nitrogen and oxygen atoms in total. The number of fused-ring (bicyclic) bond motifs is 1. The third-order valence-electron chi connectivity index (χ3n) is 5.12. The summed E-state index contributed by atoms with van der Waals surface area (Å²) in [5.74, 6) is 0.897. The van der Waals surface area contributed by atoms with Gasteiger partial charge in [0, 0.05) is 12.2 Å². The van der Waals surface area contributed by atoms with Crippen molar-refractivity contribution in [2.45, 2.75) is 50.8 Å². The van der Waals surface area contributed by atoms with Gasteiger partial charge in [0.05, 0.1) is 12.1 Å². The van der Waals surface area contributed by atoms with Crippen molar-refractivity contribution in [2.75, 3.05) is 5.32 Å². The number of amides is 1. The monoisotopic (exact) mass is 336 g/mol. The van der Waals surface area contributed by atoms with E-state index in [-0.39, 0.29) is 11.9 Å². The van der Waals surface area contributed by atoms with E-state index in [0.717, 1.165) is 37.2 Å². The summed E-state index contributed by atoms with van der Waals surface area (Å²) in [5, 5.41) is 6.32. The average Bonchev–Trinajstić information content (AvgIpc) is 3.16. The molecule has 1 fully saturated rings. The van der Waals surface area contributed by atoms with Gasteiger partial charge in [0.15, 0.2) is 0 Å². The lowest BCUT2D eigenvalue weighted by Crippen LogP contribution is -2.44. The Labute approximate surface area is 148 Å². The van der Waals surface area contributed by atoms with Crippen LogP contribution in [-0.4, -0.2) is 18.1 Å². The molecule has 4 heteroatoms. The highest BCUT2D eigenvalue weighted by atomic mass is 16.5. The molecule has 2 aromatic rings. The van der Waals surface area contributed by atoms with E-state index in [2.05, 4.69) is 22.8 Å². The lowest BCUT2D eigenvalue weighted by atomic mass is 9.95. The molecular formula is C21H24N2O2. The minimum Gasteiger partial charge on any atom is -0.490 e. The molecule has 0 spiro atoms. The largest absolute Gasteiger partial charge is 0.490 e. The third-order valence-corrected chi connectivity index (χ3v) is 5.12. The van der Waals surface area contributed by atoms with E-state index in [0.29, 0.717) is 6.10 Å². The van der Waals surface area contributed by atoms with Crippen LogP contribution in [0.3, 0.4) is 0 Å². The highest BCUT2D eigenvalue weighted by Crippen LogP contribution is 2.25. The van der Waals surface area contributed by atoms with Gasteiger partial charge in [-0.15, -0.1) is 0 Å². The summed E-state index contributed by atoms with van der Waals surface area (Å²) in [5.41, 5.74) is 3.34. The van der Waals surface area contributed by atoms with Crippen LogP contribution >= 0.6 is 0 Å². The van der Waals surface area contributed by atoms with E-state index in [9.17, 15) is 4.79 Å². The lowest BCUT2D eigenvalue weighted by Gasteiger charge is -2.25. The molecule has 1 heterocycles. The zero-order chi connectivity index (χ0) is 17.1. The Morgan fingerprint density at radius 2 is 1.72 bits per heavy atom. The summed E-state index contributed by atoms with van der Waals surface area (Å²) in [4.78, 5) is 12.5. The van der Waals surface area contributed by atoms with Crippen molar-refractivity contribution in [3.05, 3.63) is 59.7 Å². The summed E-state index contributed by atoms with van der Waals surface area (Å²) in [6, 6.07) is 15.8. The van der Waals surface area contributed by atoms with Crippen LogP contribution in [0.5, 0.6) is 5.75 Å². The zero-order valence-electron chi connectivity index (χ0n) is 14.3. The molecule has 1 aliphatic carbocycles. The van der Waals surface area contributed by atoms with Crippen molar-refractivity contribution in [1.82, 2.24) is 5.32 Å². The molecule has 2 aromatic carbocycles. The Morgan fingerprint density at radius 1 is 1.00 bits per heavy atom. The molecule has 4 rings (SSSR count). The second kappa shape index (κ2) is 7.28. The number of hydrogen-bond acceptors (Lipinski definition) is 3. The van der Waals surface area contributed by atoms with Gasteiger partial charge in [0.1, 0.15) is 5.75 Å². The van der Waals surface area contributed by atoms with Gasteiger partial charge in [-0.3, -0.25) is 4.79 Å². The summed E-state index contributed by atoms with van der Waals surface area (Å²) in [7, 11) is 0. The van der Waals surface area contributed by atoms with Gasteiger partial charge in [-0.25, -0.2) is 0 Å². The standard InChI is InChI=1S/C21H24N2O2/c24-21(20-13-15-5-1-2-6-16(15)14-22-20)23-17-9-11-19(12-10-17)25-18-7-3-4-8-18/h1-2,5-6,9-12,18,20,22H,3-4,7-8,13-14H2,(H,23,24). The van der Waals surface area contributed by atoms with Crippen LogP contribution in [0.4, 0.5) is 5.69 Å². The minimum atomic E-state index is -0.190. The molecule has 0 radical (unpaired) electrons. The molecule has 1 atom stereocenters. The van der Waals surface area contributed by atoms with Crippen LogP contribution in [0.15, 0.2) is 48.5 Å². The Morgan fingerprint density at radius 3 is 2.48 bits per heavy atom. The predicted octanol–water partition coefficient (Wildman–Crippen LogP) is 3.66. The molecule has 130 valence electrons. The molecule has 1 unspecified atom stereocenters. The van der Waals surface area contributed by atoms with Crippen LogP contribution in [0.2, 0.25) is 0 Å². The Balaban J connectivity index is 1.34. The fourth-order valence-corrected chi connectivity index (χ4v) is 3.68. The summed E-state index contributed by atoms with van der Waals surface area (Å²) < 4.78 is 5.97. The van der Waals surface area contributed by atoms with Gasteiger partial charge in [0.2, 0.25) is 5.91 Å². The summed E-state index contributed by atoms with van der Waals surface area (Å²) in [6.45, 7) is 0.739. The number of anilines is 1. The van der Waals surface area contributed by atoms with E-state index in [1.165, 1.54) is 24.0 Å². The molecule has 0 bridgehead atoms. The normalized spacial score (nSPS) is 20.1. The van der Waals surface area contributed by atoms with Crippen molar-refractivity contribution >= 4 is 11.6 Å². The smallest absolute Gasteiger partial charge is 0.241 e. The lowest BCUT2D eigenvalue weighted by molar-refractivity contribution is -0.118. The van der Waals surface area contributed by atoms with Crippen LogP contribution in [0.1, 0.15) is 36.8 Å². The molecule has 25 heavy (non-hydrogen) atoms. The maximum atomic E-state index is 12.5. The average molecular weight is 336 g/mol. The molecular weight excluding hydrogens is 312 g/mol. The highest BCUT2D eigenvalue weighted by molar-refractivity contribution is 5.95. The maximum Gasteiger partial charge on any atom is 0.241 e. The molecule has 1 saturated carbocycles. The van der Waals surface area contributed by atoms with Crippen molar-refractivity contribution in [3.63, 3.8) is 0 Å². The molecule has 0 saturated heterocycles. The zero-order valence-corrected chi connectivity index (χ0v) is 14.3. The van der Waals surface area contributed by atoms with E-state index in [4.69, 9.17) is 4.74 Å². The van der Waals surface area contributed by atoms with Crippen LogP contribution in [0.25, 0.3) is 0 Å². The first kappa shape index (κ1) is 16.2. The Hall–Kier alpha value is -2.33. The van der Waals surface area contributed by atoms with Crippen LogP contribution < -0.4 is 15.4 Å². The van der Waals surface area contributed by atoms with Crippen molar-refractivity contribution < 1.29 is 9.53 Å². The predicted molar refractivity (Wildman–Crippen MR) is 98.7 cm³/mol. The Bertz CT molecular complexity index is 736. The fraction of sp³-hybridized carbons (Fsp3) is 0.381. The number of benzene rings is 2. The highest BCUT2D eigenvalue weighted by Gasteiger charge is 2.24. The quantitative estimate of drug-likeness (QED) is 0.896. The van der Waals surface area contributed by atoms with Gasteiger partial charge in [-0.2, -0.15) is 0 Å². The third kappa shape index (κ3) is 3.85. The SMILES string of the molecule is O=C(Nc1ccc(OC2CCCC2)cc1)C1Cc2ccccc2CN1. The van der Waals surface area contributed by atoms with Crippen LogP contribution in [-0.2, 0) is 17.8 Å². The van der Waals surface area contributed by atoms with Gasteiger partial charge in [0.25, 0.3) is 0 Å². The molecule has 1 aliphatic heterocycles. The molecule has 2 N–H and O–H groups in total. The fourth-order valence-electron chi connectivity index (χ4n) is 3.68. The van der Waals surface area contributed by atoms with E-state index in [1.807, 2.05) is 36.4 Å². The van der Waals surface area contributed by atoms with Crippen LogP contribution in [0, 0.1) is 0 Å². The number of nitrogens with one attached hydrogen (secondary N) is 2. The van der Waals surface area contributed by atoms with E-state index >= 15 is 0 Å². The number of rotatable bonds is 4. The van der Waals surface area contributed by atoms with Gasteiger partial charge < -0.3 is 15.4 Å². The minimum absolute atomic E-state index is 0.0129. The van der Waals surface area contributed by atoms with Gasteiger partial charge in [-0.05, 0) is 67.5 Å². The summed E-state index contributed by atoms with van der Waals surface area (Å²) >= 11 is 0. The molecule has 0 aromatic heterocycles. The van der Waals surface area contributed by atoms with Crippen molar-refractivity contribution in [2.24, 2.45) is 0 Å². The van der Waals surface area contributed by atoms with Crippen molar-refractivity contribution in [1.29, 1.82) is 0 Å². The Kier molecular flexibility index (Phi) is 4.70. The van der Waals surface area contributed by atoms with Crippen molar-refractivity contribution in [3.8, 4) is 5.75 Å². The van der Waals surface area contributed by atoms with Gasteiger partial charge >= 0.3 is 0 Å². The number of carbonyl (C=O) groups is 1. The molecule has 1 amide bonds. The number of carbonyl (C=O) groups excluding carboxylic acids is 1. The topological polar surface area (TPSA) is 50.4 Å². The van der Waals surface area contributed by atoms with E-state index in [1.54, 1.807) is 0 Å². The first-order valence-corrected chi connectivity index (χ1v) is 9.16. The first-order valence-electron chi connectivity index (χ1n) is 9.16. The first-order chi connectivity index (χ1) is 12.3. The maximum absolute atomic E-state index is 12.5. The van der Waals surface area contributed by atoms with Gasteiger partial charge in [-0.1, -0.05) is 24.3 Å². The second-order valence-corrected chi connectivity index (χ2v) is 6.94. The summed E-state index contributed by atoms with van der Waals surface area (Å²) in [6.07, 6.45) is 5.89. The number of hydrogen-bond donors (Lipinski definition) is 2.